The maximum absolute atomic E-state index is 10.8. The molecule has 0 spiro atoms. The van der Waals surface area contributed by atoms with E-state index in [2.05, 4.69) is 91.8 Å². The predicted octanol–water partition coefficient (Wildman–Crippen LogP) is 10.6. The number of allylic oxidation sites excluding steroid dienone is 10. The van der Waals surface area contributed by atoms with Gasteiger partial charge in [-0.15, -0.1) is 0 Å². The Labute approximate surface area is 245 Å². The van der Waals surface area contributed by atoms with E-state index < -0.39 is 12.2 Å². The predicted molar refractivity (Wildman–Crippen MR) is 172 cm³/mol. The molecular formula is C38H54O2. The summed E-state index contributed by atoms with van der Waals surface area (Å²) < 4.78 is 0. The first-order valence-corrected chi connectivity index (χ1v) is 15.4. The molecule has 0 fully saturated rings. The SMILES string of the molecule is CC1=C(/C=C/C(C)=C/CC(O)c2ccc(C(O)C/C=C(C)/C=C/C3=C(C)CCCC3(C)C)cc2)C(C)(C)CCC1. The highest BCUT2D eigenvalue weighted by atomic mass is 16.3. The normalized spacial score (nSPS) is 21.9. The molecule has 3 rings (SSSR count). The van der Waals surface area contributed by atoms with E-state index in [0.29, 0.717) is 12.8 Å². The average molecular weight is 543 g/mol. The van der Waals surface area contributed by atoms with Crippen LogP contribution >= 0.6 is 0 Å². The highest BCUT2D eigenvalue weighted by molar-refractivity contribution is 5.37. The lowest BCUT2D eigenvalue weighted by Crippen LogP contribution is -2.19. The van der Waals surface area contributed by atoms with E-state index >= 15 is 0 Å². The molecule has 2 unspecified atom stereocenters. The number of aliphatic hydroxyl groups is 2. The summed E-state index contributed by atoms with van der Waals surface area (Å²) in [6, 6.07) is 7.77. The van der Waals surface area contributed by atoms with Gasteiger partial charge in [-0.2, -0.15) is 0 Å². The van der Waals surface area contributed by atoms with Crippen LogP contribution in [-0.2, 0) is 0 Å². The fourth-order valence-corrected chi connectivity index (χ4v) is 6.39. The molecule has 0 saturated carbocycles. The Balaban J connectivity index is 1.55. The van der Waals surface area contributed by atoms with Crippen molar-refractivity contribution in [1.82, 2.24) is 0 Å². The van der Waals surface area contributed by atoms with E-state index in [1.54, 1.807) is 0 Å². The van der Waals surface area contributed by atoms with Crippen LogP contribution in [-0.4, -0.2) is 10.2 Å². The third-order valence-corrected chi connectivity index (χ3v) is 9.14. The standard InChI is InChI=1S/C38H54O2/c1-27(13-21-33-29(3)11-9-25-37(33,5)6)15-23-35(39)31-17-19-32(20-18-31)36(40)24-16-28(2)14-22-34-30(4)12-10-26-38(34,7)8/h13-22,35-36,39-40H,9-12,23-26H2,1-8H3/b21-13+,22-14+,27-15+,28-16+. The molecule has 0 radical (unpaired) electrons. The van der Waals surface area contributed by atoms with E-state index in [4.69, 9.17) is 0 Å². The zero-order valence-electron chi connectivity index (χ0n) is 26.5. The summed E-state index contributed by atoms with van der Waals surface area (Å²) in [6.45, 7) is 18.1. The summed E-state index contributed by atoms with van der Waals surface area (Å²) >= 11 is 0. The second-order valence-corrected chi connectivity index (χ2v) is 13.6. The summed E-state index contributed by atoms with van der Waals surface area (Å²) in [5, 5.41) is 21.6. The summed E-state index contributed by atoms with van der Waals surface area (Å²) in [6.07, 6.45) is 20.6. The molecule has 1 aromatic carbocycles. The first-order valence-electron chi connectivity index (χ1n) is 15.4. The minimum absolute atomic E-state index is 0.235. The molecule has 0 bridgehead atoms. The van der Waals surface area contributed by atoms with Gasteiger partial charge in [0.2, 0.25) is 0 Å². The van der Waals surface area contributed by atoms with Gasteiger partial charge in [-0.25, -0.2) is 0 Å². The Kier molecular flexibility index (Phi) is 11.2. The number of aliphatic hydroxyl groups excluding tert-OH is 2. The van der Waals surface area contributed by atoms with Gasteiger partial charge in [-0.3, -0.25) is 0 Å². The van der Waals surface area contributed by atoms with Crippen molar-refractivity contribution in [2.24, 2.45) is 10.8 Å². The van der Waals surface area contributed by atoms with Crippen LogP contribution in [0.3, 0.4) is 0 Å². The second-order valence-electron chi connectivity index (χ2n) is 13.6. The summed E-state index contributed by atoms with van der Waals surface area (Å²) in [5.41, 5.74) is 10.5. The van der Waals surface area contributed by atoms with Crippen LogP contribution in [0.15, 0.2) is 94.2 Å². The minimum Gasteiger partial charge on any atom is -0.388 e. The van der Waals surface area contributed by atoms with Gasteiger partial charge >= 0.3 is 0 Å². The summed E-state index contributed by atoms with van der Waals surface area (Å²) in [5.74, 6) is 0. The van der Waals surface area contributed by atoms with Crippen molar-refractivity contribution in [2.75, 3.05) is 0 Å². The lowest BCUT2D eigenvalue weighted by Gasteiger charge is -2.33. The summed E-state index contributed by atoms with van der Waals surface area (Å²) in [4.78, 5) is 0. The van der Waals surface area contributed by atoms with Crippen molar-refractivity contribution < 1.29 is 10.2 Å². The molecule has 2 aliphatic rings. The van der Waals surface area contributed by atoms with Crippen LogP contribution in [0.1, 0.15) is 130 Å². The van der Waals surface area contributed by atoms with E-state index in [1.165, 1.54) is 72.0 Å². The Morgan fingerprint density at radius 3 is 1.38 bits per heavy atom. The maximum Gasteiger partial charge on any atom is 0.0824 e. The van der Waals surface area contributed by atoms with Crippen LogP contribution < -0.4 is 0 Å². The highest BCUT2D eigenvalue weighted by Crippen LogP contribution is 2.42. The number of rotatable bonds is 10. The van der Waals surface area contributed by atoms with Gasteiger partial charge in [0.15, 0.2) is 0 Å². The molecule has 218 valence electrons. The maximum atomic E-state index is 10.8. The van der Waals surface area contributed by atoms with Crippen molar-refractivity contribution in [3.8, 4) is 0 Å². The van der Waals surface area contributed by atoms with Gasteiger partial charge in [0.05, 0.1) is 12.2 Å². The van der Waals surface area contributed by atoms with Gasteiger partial charge in [-0.05, 0) is 112 Å². The Hall–Kier alpha value is -2.42. The van der Waals surface area contributed by atoms with Gasteiger partial charge in [0.1, 0.15) is 0 Å². The van der Waals surface area contributed by atoms with Crippen molar-refractivity contribution >= 4 is 0 Å². The van der Waals surface area contributed by atoms with Crippen LogP contribution in [0.25, 0.3) is 0 Å². The molecule has 0 amide bonds. The molecule has 2 aliphatic carbocycles. The van der Waals surface area contributed by atoms with Crippen molar-refractivity contribution in [3.05, 3.63) is 105 Å². The van der Waals surface area contributed by atoms with E-state index in [0.717, 1.165) is 11.1 Å². The molecule has 2 N–H and O–H groups in total. The summed E-state index contributed by atoms with van der Waals surface area (Å²) in [7, 11) is 0. The molecular weight excluding hydrogens is 488 g/mol. The largest absolute Gasteiger partial charge is 0.388 e. The fraction of sp³-hybridized carbons (Fsp3) is 0.526. The first kappa shape index (κ1) is 32.1. The number of hydrogen-bond acceptors (Lipinski definition) is 2. The van der Waals surface area contributed by atoms with Crippen LogP contribution in [0, 0.1) is 10.8 Å². The third-order valence-electron chi connectivity index (χ3n) is 9.14. The Bertz CT molecular complexity index is 1100. The second kappa shape index (κ2) is 14.0. The third kappa shape index (κ3) is 8.79. The van der Waals surface area contributed by atoms with Gasteiger partial charge in [0, 0.05) is 0 Å². The van der Waals surface area contributed by atoms with E-state index in [1.807, 2.05) is 24.3 Å². The first-order chi connectivity index (χ1) is 18.8. The molecule has 2 nitrogen and oxygen atoms in total. The molecule has 0 aromatic heterocycles. The van der Waals surface area contributed by atoms with Crippen molar-refractivity contribution in [1.29, 1.82) is 0 Å². The quantitative estimate of drug-likeness (QED) is 0.289. The molecule has 40 heavy (non-hydrogen) atoms. The zero-order valence-corrected chi connectivity index (χ0v) is 26.5. The van der Waals surface area contributed by atoms with Gasteiger partial charge in [0.25, 0.3) is 0 Å². The van der Waals surface area contributed by atoms with E-state index in [9.17, 15) is 10.2 Å². The fourth-order valence-electron chi connectivity index (χ4n) is 6.39. The van der Waals surface area contributed by atoms with Gasteiger partial charge in [-0.1, -0.05) is 111 Å². The Morgan fingerprint density at radius 1 is 0.700 bits per heavy atom. The van der Waals surface area contributed by atoms with Crippen LogP contribution in [0.2, 0.25) is 0 Å². The molecule has 2 heteroatoms. The highest BCUT2D eigenvalue weighted by Gasteiger charge is 2.27. The van der Waals surface area contributed by atoms with E-state index in [-0.39, 0.29) is 10.8 Å². The van der Waals surface area contributed by atoms with Crippen molar-refractivity contribution in [2.45, 2.75) is 119 Å². The van der Waals surface area contributed by atoms with Gasteiger partial charge < -0.3 is 10.2 Å². The lowest BCUT2D eigenvalue weighted by molar-refractivity contribution is 0.177. The zero-order chi connectivity index (χ0) is 29.5. The molecule has 0 aliphatic heterocycles. The van der Waals surface area contributed by atoms with Crippen molar-refractivity contribution in [3.63, 3.8) is 0 Å². The minimum atomic E-state index is -0.560. The molecule has 0 heterocycles. The number of hydrogen-bond donors (Lipinski definition) is 2. The lowest BCUT2D eigenvalue weighted by atomic mass is 9.72. The molecule has 2 atom stereocenters. The monoisotopic (exact) mass is 542 g/mol. The number of benzene rings is 1. The molecule has 0 saturated heterocycles. The molecule has 1 aromatic rings. The topological polar surface area (TPSA) is 40.5 Å². The van der Waals surface area contributed by atoms with Crippen LogP contribution in [0.4, 0.5) is 0 Å². The average Bonchev–Trinajstić information content (AvgIpc) is 2.89. The Morgan fingerprint density at radius 2 is 1.05 bits per heavy atom. The van der Waals surface area contributed by atoms with Crippen LogP contribution in [0.5, 0.6) is 0 Å². The smallest absolute Gasteiger partial charge is 0.0824 e.